The van der Waals surface area contributed by atoms with Gasteiger partial charge in [-0.3, -0.25) is 19.1 Å². The van der Waals surface area contributed by atoms with Crippen molar-refractivity contribution in [3.05, 3.63) is 41.2 Å². The molecule has 0 aliphatic carbocycles. The number of hydrogen-bond donors (Lipinski definition) is 3. The second-order valence-corrected chi connectivity index (χ2v) is 9.82. The van der Waals surface area contributed by atoms with Crippen LogP contribution in [0.4, 0.5) is 0 Å². The van der Waals surface area contributed by atoms with Gasteiger partial charge in [0.15, 0.2) is 0 Å². The number of aryl methyl sites for hydroxylation is 2. The van der Waals surface area contributed by atoms with Gasteiger partial charge in [-0.2, -0.15) is 0 Å². The molecule has 3 heterocycles. The molecule has 1 saturated heterocycles. The molecular weight excluding hydrogens is 474 g/mol. The van der Waals surface area contributed by atoms with Crippen molar-refractivity contribution in [2.75, 3.05) is 32.8 Å². The molecule has 4 rings (SSSR count). The molecule has 0 radical (unpaired) electrons. The molecule has 0 spiro atoms. The molecule has 1 fully saturated rings. The number of nitrogens with one attached hydrogen (secondary N) is 3. The molecule has 0 saturated carbocycles. The first-order valence-corrected chi connectivity index (χ1v) is 13.1. The second-order valence-electron chi connectivity index (χ2n) is 9.82. The number of carbonyl (C=O) groups excluding carboxylic acids is 3. The van der Waals surface area contributed by atoms with E-state index in [0.717, 1.165) is 30.6 Å². The summed E-state index contributed by atoms with van der Waals surface area (Å²) in [5.41, 5.74) is 2.08. The summed E-state index contributed by atoms with van der Waals surface area (Å²) in [7, 11) is 0. The molecule has 200 valence electrons. The Balaban J connectivity index is 1.49. The maximum Gasteiger partial charge on any atom is 0.255 e. The third kappa shape index (κ3) is 7.28. The number of aromatic nitrogens is 3. The molecule has 3 N–H and O–H groups in total. The summed E-state index contributed by atoms with van der Waals surface area (Å²) in [5.74, 6) is -0.125. The Morgan fingerprint density at radius 1 is 1.14 bits per heavy atom. The summed E-state index contributed by atoms with van der Waals surface area (Å²) in [5, 5.41) is 17.5. The van der Waals surface area contributed by atoms with Crippen LogP contribution >= 0.6 is 0 Å². The quantitative estimate of drug-likeness (QED) is 0.521. The van der Waals surface area contributed by atoms with Crippen LogP contribution in [0.1, 0.15) is 54.2 Å². The van der Waals surface area contributed by atoms with E-state index in [1.54, 1.807) is 17.7 Å². The fraction of sp³-hybridized carbons (Fsp3) is 0.577. The van der Waals surface area contributed by atoms with Gasteiger partial charge in [0, 0.05) is 32.6 Å². The highest BCUT2D eigenvalue weighted by Crippen LogP contribution is 2.21. The minimum Gasteiger partial charge on any atom is -0.493 e. The Labute approximate surface area is 217 Å². The predicted molar refractivity (Wildman–Crippen MR) is 137 cm³/mol. The minimum atomic E-state index is -0.719. The Kier molecular flexibility index (Phi) is 9.10. The van der Waals surface area contributed by atoms with E-state index < -0.39 is 6.04 Å². The molecule has 2 atom stereocenters. The van der Waals surface area contributed by atoms with Gasteiger partial charge >= 0.3 is 0 Å². The molecule has 1 aromatic heterocycles. The van der Waals surface area contributed by atoms with Crippen LogP contribution in [0.2, 0.25) is 0 Å². The predicted octanol–water partition coefficient (Wildman–Crippen LogP) is 1.02. The number of amides is 3. The molecule has 11 nitrogen and oxygen atoms in total. The van der Waals surface area contributed by atoms with E-state index in [2.05, 4.69) is 26.3 Å². The Morgan fingerprint density at radius 2 is 2.00 bits per heavy atom. The maximum atomic E-state index is 13.3. The largest absolute Gasteiger partial charge is 0.493 e. The van der Waals surface area contributed by atoms with E-state index in [1.807, 2.05) is 30.2 Å². The standard InChI is InChI=1S/C26H37N7O4/c1-18-7-8-22-23(14-18)37-13-5-12-33-17-21(30-31-33)16-32(26(36)20-6-3-9-27-15-20)11-4-10-28-24(34)19(2)29-25(22)35/h7-8,14,17,19-20,27H,3-6,9-13,15-16H2,1-2H3,(H,28,34)(H,29,35)/t19-,20-/m1/s1. The Morgan fingerprint density at radius 3 is 2.81 bits per heavy atom. The van der Waals surface area contributed by atoms with E-state index in [4.69, 9.17) is 4.74 Å². The summed E-state index contributed by atoms with van der Waals surface area (Å²) in [6, 6.07) is 4.66. The highest BCUT2D eigenvalue weighted by atomic mass is 16.5. The first-order valence-electron chi connectivity index (χ1n) is 13.1. The third-order valence-corrected chi connectivity index (χ3v) is 6.71. The molecular formula is C26H37N7O4. The number of rotatable bonds is 1. The zero-order valence-corrected chi connectivity index (χ0v) is 21.7. The van der Waals surface area contributed by atoms with Crippen molar-refractivity contribution in [2.24, 2.45) is 5.92 Å². The SMILES string of the molecule is Cc1ccc2c(c1)OCCCn1cc(nn1)CN(C(=O)[C@@H]1CCCNC1)CCCNC(=O)[C@@H](C)NC2=O. The molecule has 37 heavy (non-hydrogen) atoms. The number of fused-ring (bicyclic) bond motifs is 3. The van der Waals surface area contributed by atoms with Crippen LogP contribution < -0.4 is 20.7 Å². The van der Waals surface area contributed by atoms with Crippen molar-refractivity contribution >= 4 is 17.7 Å². The van der Waals surface area contributed by atoms with Crippen molar-refractivity contribution < 1.29 is 19.1 Å². The monoisotopic (exact) mass is 511 g/mol. The topological polar surface area (TPSA) is 130 Å². The molecule has 2 aliphatic heterocycles. The lowest BCUT2D eigenvalue weighted by Gasteiger charge is -2.29. The average molecular weight is 512 g/mol. The summed E-state index contributed by atoms with van der Waals surface area (Å²) in [6.45, 7) is 7.43. The molecule has 2 aromatic rings. The van der Waals surface area contributed by atoms with Gasteiger partial charge in [0.25, 0.3) is 5.91 Å². The normalized spacial score (nSPS) is 22.4. The Bertz CT molecular complexity index is 1100. The van der Waals surface area contributed by atoms with Crippen LogP contribution in [0.25, 0.3) is 0 Å². The summed E-state index contributed by atoms with van der Waals surface area (Å²) in [6.07, 6.45) is 4.95. The number of carbonyl (C=O) groups is 3. The number of ether oxygens (including phenoxy) is 1. The first kappa shape index (κ1) is 26.6. The van der Waals surface area contributed by atoms with E-state index in [1.165, 1.54) is 0 Å². The fourth-order valence-corrected chi connectivity index (χ4v) is 4.62. The molecule has 2 aliphatic rings. The fourth-order valence-electron chi connectivity index (χ4n) is 4.62. The van der Waals surface area contributed by atoms with Crippen LogP contribution in [0.3, 0.4) is 0 Å². The van der Waals surface area contributed by atoms with E-state index in [-0.39, 0.29) is 23.6 Å². The molecule has 3 amide bonds. The van der Waals surface area contributed by atoms with Crippen molar-refractivity contribution in [3.63, 3.8) is 0 Å². The maximum absolute atomic E-state index is 13.3. The summed E-state index contributed by atoms with van der Waals surface area (Å²) < 4.78 is 7.70. The van der Waals surface area contributed by atoms with Crippen molar-refractivity contribution in [3.8, 4) is 5.75 Å². The first-order chi connectivity index (χ1) is 17.9. The van der Waals surface area contributed by atoms with Crippen LogP contribution in [0.15, 0.2) is 24.4 Å². The van der Waals surface area contributed by atoms with Gasteiger partial charge in [-0.15, -0.1) is 5.10 Å². The smallest absolute Gasteiger partial charge is 0.255 e. The molecule has 2 bridgehead atoms. The number of hydrogen-bond acceptors (Lipinski definition) is 7. The van der Waals surface area contributed by atoms with Gasteiger partial charge in [-0.25, -0.2) is 0 Å². The lowest BCUT2D eigenvalue weighted by molar-refractivity contribution is -0.136. The van der Waals surface area contributed by atoms with E-state index >= 15 is 0 Å². The van der Waals surface area contributed by atoms with Crippen molar-refractivity contribution in [1.29, 1.82) is 0 Å². The van der Waals surface area contributed by atoms with Gasteiger partial charge in [-0.05, 0) is 57.4 Å². The molecule has 1 aromatic carbocycles. The lowest BCUT2D eigenvalue weighted by Crippen LogP contribution is -2.46. The number of benzene rings is 1. The van der Waals surface area contributed by atoms with E-state index in [9.17, 15) is 14.4 Å². The van der Waals surface area contributed by atoms with Crippen molar-refractivity contribution in [2.45, 2.75) is 58.7 Å². The number of nitrogens with zero attached hydrogens (tertiary/aromatic N) is 4. The van der Waals surface area contributed by atoms with Crippen LogP contribution in [0.5, 0.6) is 5.75 Å². The second kappa shape index (κ2) is 12.7. The van der Waals surface area contributed by atoms with Gasteiger partial charge < -0.3 is 25.6 Å². The number of piperidine rings is 1. The Hall–Kier alpha value is -3.47. The van der Waals surface area contributed by atoms with Crippen LogP contribution in [0, 0.1) is 12.8 Å². The zero-order chi connectivity index (χ0) is 26.2. The third-order valence-electron chi connectivity index (χ3n) is 6.71. The molecule has 11 heteroatoms. The summed E-state index contributed by atoms with van der Waals surface area (Å²) >= 11 is 0. The average Bonchev–Trinajstić information content (AvgIpc) is 3.35. The highest BCUT2D eigenvalue weighted by molar-refractivity contribution is 5.99. The van der Waals surface area contributed by atoms with Crippen LogP contribution in [-0.4, -0.2) is 76.4 Å². The van der Waals surface area contributed by atoms with Gasteiger partial charge in [0.2, 0.25) is 11.8 Å². The van der Waals surface area contributed by atoms with Gasteiger partial charge in [-0.1, -0.05) is 11.3 Å². The van der Waals surface area contributed by atoms with Gasteiger partial charge in [0.1, 0.15) is 17.5 Å². The zero-order valence-electron chi connectivity index (χ0n) is 21.7. The highest BCUT2D eigenvalue weighted by Gasteiger charge is 2.27. The summed E-state index contributed by atoms with van der Waals surface area (Å²) in [4.78, 5) is 40.7. The van der Waals surface area contributed by atoms with Gasteiger partial charge in [0.05, 0.1) is 30.8 Å². The molecule has 0 unspecified atom stereocenters. The van der Waals surface area contributed by atoms with E-state index in [0.29, 0.717) is 63.5 Å². The van der Waals surface area contributed by atoms with Crippen LogP contribution in [-0.2, 0) is 22.7 Å². The minimum absolute atomic E-state index is 0.0577. The lowest BCUT2D eigenvalue weighted by atomic mass is 9.98. The van der Waals surface area contributed by atoms with Crippen molar-refractivity contribution in [1.82, 2.24) is 35.8 Å².